The highest BCUT2D eigenvalue weighted by Gasteiger charge is 2.22. The van der Waals surface area contributed by atoms with Crippen LogP contribution in [0.2, 0.25) is 0 Å². The molecule has 0 aliphatic carbocycles. The van der Waals surface area contributed by atoms with Crippen molar-refractivity contribution in [1.82, 2.24) is 23.9 Å². The molecule has 0 bridgehead atoms. The summed E-state index contributed by atoms with van der Waals surface area (Å²) in [5.41, 5.74) is 13.2. The van der Waals surface area contributed by atoms with Crippen molar-refractivity contribution < 1.29 is 0 Å². The molecule has 280 valence electrons. The summed E-state index contributed by atoms with van der Waals surface area (Å²) >= 11 is 0. The van der Waals surface area contributed by atoms with Crippen LogP contribution in [-0.4, -0.2) is 23.9 Å². The molecular weight excluding hydrogens is 731 g/mol. The fourth-order valence-electron chi connectivity index (χ4n) is 8.85. The minimum Gasteiger partial charge on any atom is -0.293 e. The zero-order valence-corrected chi connectivity index (χ0v) is 32.4. The maximum Gasteiger partial charge on any atom is 0.164 e. The highest BCUT2D eigenvalue weighted by molar-refractivity contribution is 6.09. The molecule has 3 aromatic heterocycles. The van der Waals surface area contributed by atoms with E-state index in [0.717, 1.165) is 55.5 Å². The largest absolute Gasteiger partial charge is 0.293 e. The molecule has 0 saturated carbocycles. The van der Waals surface area contributed by atoms with Crippen molar-refractivity contribution in [1.29, 1.82) is 0 Å². The highest BCUT2D eigenvalue weighted by Crippen LogP contribution is 2.41. The first-order chi connectivity index (χ1) is 29.7. The normalized spacial score (nSPS) is 11.7. The Morgan fingerprint density at radius 1 is 0.300 bits per heavy atom. The van der Waals surface area contributed by atoms with E-state index in [4.69, 9.17) is 15.0 Å². The van der Waals surface area contributed by atoms with E-state index in [1.165, 1.54) is 38.3 Å². The average Bonchev–Trinajstić information content (AvgIpc) is 3.84. The van der Waals surface area contributed by atoms with Crippen LogP contribution >= 0.6 is 0 Å². The van der Waals surface area contributed by atoms with E-state index in [1.54, 1.807) is 0 Å². The SMILES string of the molecule is c1ccc(-n2c3ccccc3n3c4ccccc4c(-c4ccc(-c5cccc(-c6nc(-c7ccc8ccccc8c7)nc(-c7ccc8ccccc8c7)n6)c5)cc4)c23)cc1. The van der Waals surface area contributed by atoms with Gasteiger partial charge in [-0.3, -0.25) is 8.97 Å². The van der Waals surface area contributed by atoms with Crippen LogP contribution in [0.5, 0.6) is 0 Å². The summed E-state index contributed by atoms with van der Waals surface area (Å²) in [7, 11) is 0. The number of rotatable bonds is 6. The van der Waals surface area contributed by atoms with Gasteiger partial charge in [0, 0.05) is 33.3 Å². The van der Waals surface area contributed by atoms with Gasteiger partial charge in [-0.2, -0.15) is 0 Å². The predicted molar refractivity (Wildman–Crippen MR) is 247 cm³/mol. The van der Waals surface area contributed by atoms with Crippen molar-refractivity contribution in [2.45, 2.75) is 0 Å². The smallest absolute Gasteiger partial charge is 0.164 e. The van der Waals surface area contributed by atoms with Crippen molar-refractivity contribution in [3.8, 4) is 62.1 Å². The Morgan fingerprint density at radius 2 is 0.783 bits per heavy atom. The van der Waals surface area contributed by atoms with Crippen LogP contribution in [-0.2, 0) is 0 Å². The fraction of sp³-hybridized carbons (Fsp3) is 0. The fourth-order valence-corrected chi connectivity index (χ4v) is 8.85. The summed E-state index contributed by atoms with van der Waals surface area (Å²) in [6, 6.07) is 75.2. The molecule has 0 radical (unpaired) electrons. The lowest BCUT2D eigenvalue weighted by molar-refractivity contribution is 1.08. The van der Waals surface area contributed by atoms with Crippen LogP contribution in [0.4, 0.5) is 0 Å². The summed E-state index contributed by atoms with van der Waals surface area (Å²) in [5, 5.41) is 5.86. The first-order valence-corrected chi connectivity index (χ1v) is 20.3. The zero-order valence-electron chi connectivity index (χ0n) is 32.4. The Labute approximate surface area is 346 Å². The third-order valence-corrected chi connectivity index (χ3v) is 11.7. The molecule has 0 atom stereocenters. The molecule has 60 heavy (non-hydrogen) atoms. The van der Waals surface area contributed by atoms with E-state index in [9.17, 15) is 0 Å². The number of aromatic nitrogens is 5. The van der Waals surface area contributed by atoms with Gasteiger partial charge in [-0.05, 0) is 86.8 Å². The number of para-hydroxylation sites is 4. The van der Waals surface area contributed by atoms with Gasteiger partial charge in [-0.15, -0.1) is 0 Å². The summed E-state index contributed by atoms with van der Waals surface area (Å²) in [6.07, 6.45) is 0. The van der Waals surface area contributed by atoms with Gasteiger partial charge in [0.2, 0.25) is 0 Å². The summed E-state index contributed by atoms with van der Waals surface area (Å²) < 4.78 is 4.81. The number of hydrogen-bond acceptors (Lipinski definition) is 3. The van der Waals surface area contributed by atoms with Gasteiger partial charge in [0.05, 0.1) is 16.6 Å². The molecule has 12 rings (SSSR count). The number of benzene rings is 9. The highest BCUT2D eigenvalue weighted by atomic mass is 15.1. The maximum atomic E-state index is 5.13. The van der Waals surface area contributed by atoms with E-state index in [1.807, 2.05) is 0 Å². The maximum absolute atomic E-state index is 5.13. The van der Waals surface area contributed by atoms with Crippen molar-refractivity contribution >= 4 is 49.1 Å². The molecule has 0 unspecified atom stereocenters. The lowest BCUT2D eigenvalue weighted by Crippen LogP contribution is -2.00. The summed E-state index contributed by atoms with van der Waals surface area (Å²) in [4.78, 5) is 15.4. The Bertz CT molecular complexity index is 3500. The second kappa shape index (κ2) is 13.8. The van der Waals surface area contributed by atoms with E-state index in [0.29, 0.717) is 17.5 Å². The molecule has 0 N–H and O–H groups in total. The van der Waals surface area contributed by atoms with Crippen LogP contribution in [0, 0.1) is 0 Å². The number of imidazole rings is 1. The third-order valence-electron chi connectivity index (χ3n) is 11.7. The topological polar surface area (TPSA) is 48.0 Å². The van der Waals surface area contributed by atoms with Crippen molar-refractivity contribution in [3.63, 3.8) is 0 Å². The van der Waals surface area contributed by atoms with Gasteiger partial charge in [-0.25, -0.2) is 15.0 Å². The number of hydrogen-bond donors (Lipinski definition) is 0. The number of fused-ring (bicyclic) bond motifs is 7. The van der Waals surface area contributed by atoms with Gasteiger partial charge in [0.1, 0.15) is 5.65 Å². The molecule has 5 nitrogen and oxygen atoms in total. The molecule has 0 spiro atoms. The molecule has 0 saturated heterocycles. The minimum atomic E-state index is 0.631. The van der Waals surface area contributed by atoms with Crippen LogP contribution in [0.1, 0.15) is 0 Å². The summed E-state index contributed by atoms with van der Waals surface area (Å²) in [6.45, 7) is 0. The Morgan fingerprint density at radius 3 is 1.43 bits per heavy atom. The van der Waals surface area contributed by atoms with Gasteiger partial charge in [0.15, 0.2) is 17.5 Å². The van der Waals surface area contributed by atoms with E-state index >= 15 is 0 Å². The van der Waals surface area contributed by atoms with Crippen LogP contribution in [0.25, 0.3) is 111 Å². The molecular formula is C55H35N5. The van der Waals surface area contributed by atoms with Gasteiger partial charge in [-0.1, -0.05) is 164 Å². The lowest BCUT2D eigenvalue weighted by atomic mass is 9.98. The molecule has 3 heterocycles. The molecule has 0 aliphatic heterocycles. The second-order valence-electron chi connectivity index (χ2n) is 15.3. The standard InChI is InChI=1S/C55H35N5/c1-2-19-46(20-3-1)59-49-23-10-11-24-50(49)60-48-22-9-8-21-47(48)51(55(59)60)39-29-25-38(26-30-39)42-17-12-18-43(33-42)52-56-53(44-31-27-36-13-4-6-15-40(36)34-44)58-54(57-52)45-32-28-37-14-5-7-16-41(37)35-45/h1-35H. The molecule has 0 aliphatic rings. The van der Waals surface area contributed by atoms with Crippen LogP contribution < -0.4 is 0 Å². The van der Waals surface area contributed by atoms with E-state index in [-0.39, 0.29) is 0 Å². The van der Waals surface area contributed by atoms with Crippen LogP contribution in [0.15, 0.2) is 212 Å². The Balaban J connectivity index is 0.980. The quantitative estimate of drug-likeness (QED) is 0.169. The Hall–Kier alpha value is -8.15. The molecule has 0 fully saturated rings. The van der Waals surface area contributed by atoms with Gasteiger partial charge in [0.25, 0.3) is 0 Å². The van der Waals surface area contributed by atoms with Gasteiger partial charge < -0.3 is 0 Å². The number of nitrogens with zero attached hydrogens (tertiary/aromatic N) is 5. The third kappa shape index (κ3) is 5.59. The minimum absolute atomic E-state index is 0.631. The summed E-state index contributed by atoms with van der Waals surface area (Å²) in [5.74, 6) is 1.91. The molecule has 5 heteroatoms. The monoisotopic (exact) mass is 765 g/mol. The molecule has 12 aromatic rings. The second-order valence-corrected chi connectivity index (χ2v) is 15.3. The zero-order chi connectivity index (χ0) is 39.6. The van der Waals surface area contributed by atoms with Crippen LogP contribution in [0.3, 0.4) is 0 Å². The first kappa shape index (κ1) is 33.9. The average molecular weight is 766 g/mol. The van der Waals surface area contributed by atoms with E-state index < -0.39 is 0 Å². The molecule has 9 aromatic carbocycles. The predicted octanol–water partition coefficient (Wildman–Crippen LogP) is 13.9. The Kier molecular flexibility index (Phi) is 7.78. The molecule has 0 amide bonds. The lowest BCUT2D eigenvalue weighted by Gasteiger charge is -2.11. The van der Waals surface area contributed by atoms with Crippen molar-refractivity contribution in [2.24, 2.45) is 0 Å². The van der Waals surface area contributed by atoms with Crippen molar-refractivity contribution in [3.05, 3.63) is 212 Å². The van der Waals surface area contributed by atoms with Gasteiger partial charge >= 0.3 is 0 Å². The van der Waals surface area contributed by atoms with E-state index in [2.05, 4.69) is 221 Å². The first-order valence-electron chi connectivity index (χ1n) is 20.3. The van der Waals surface area contributed by atoms with Crippen molar-refractivity contribution in [2.75, 3.05) is 0 Å².